The molecule has 0 aliphatic rings. The molecule has 0 fully saturated rings. The van der Waals surface area contributed by atoms with Crippen molar-refractivity contribution in [3.63, 3.8) is 0 Å². The fraction of sp³-hybridized carbons (Fsp3) is 0.333. The first kappa shape index (κ1) is 12.2. The van der Waals surface area contributed by atoms with Crippen LogP contribution >= 0.6 is 0 Å². The van der Waals surface area contributed by atoms with Gasteiger partial charge in [-0.2, -0.15) is 4.98 Å². The van der Waals surface area contributed by atoms with Crippen molar-refractivity contribution >= 4 is 5.95 Å². The SMILES string of the molecule is CCN(C)c1noc(-c2ccc(O)c(OC)c2)n1. The fourth-order valence-corrected chi connectivity index (χ4v) is 1.44. The summed E-state index contributed by atoms with van der Waals surface area (Å²) in [7, 11) is 3.37. The zero-order chi connectivity index (χ0) is 13.1. The Morgan fingerprint density at radius 2 is 2.22 bits per heavy atom. The van der Waals surface area contributed by atoms with Gasteiger partial charge in [-0.3, -0.25) is 0 Å². The Morgan fingerprint density at radius 1 is 1.44 bits per heavy atom. The second kappa shape index (κ2) is 4.95. The first-order valence-corrected chi connectivity index (χ1v) is 5.58. The number of methoxy groups -OCH3 is 1. The number of aromatic nitrogens is 2. The van der Waals surface area contributed by atoms with Crippen LogP contribution in [0.3, 0.4) is 0 Å². The molecule has 96 valence electrons. The smallest absolute Gasteiger partial charge is 0.266 e. The lowest BCUT2D eigenvalue weighted by atomic mass is 10.2. The van der Waals surface area contributed by atoms with Gasteiger partial charge in [0.1, 0.15) is 0 Å². The highest BCUT2D eigenvalue weighted by Gasteiger charge is 2.13. The summed E-state index contributed by atoms with van der Waals surface area (Å²) >= 11 is 0. The molecule has 0 atom stereocenters. The van der Waals surface area contributed by atoms with E-state index >= 15 is 0 Å². The van der Waals surface area contributed by atoms with Crippen LogP contribution in [-0.4, -0.2) is 35.9 Å². The molecule has 0 aliphatic heterocycles. The van der Waals surface area contributed by atoms with Crippen LogP contribution < -0.4 is 9.64 Å². The number of aromatic hydroxyl groups is 1. The molecule has 0 saturated carbocycles. The molecule has 6 nitrogen and oxygen atoms in total. The summed E-state index contributed by atoms with van der Waals surface area (Å²) in [6, 6.07) is 4.88. The maximum absolute atomic E-state index is 9.51. The number of hydrogen-bond donors (Lipinski definition) is 1. The van der Waals surface area contributed by atoms with Crippen LogP contribution in [0.2, 0.25) is 0 Å². The molecule has 1 aromatic heterocycles. The van der Waals surface area contributed by atoms with Crippen LogP contribution in [0.1, 0.15) is 6.92 Å². The van der Waals surface area contributed by atoms with Crippen LogP contribution in [-0.2, 0) is 0 Å². The maximum atomic E-state index is 9.51. The van der Waals surface area contributed by atoms with Gasteiger partial charge in [0.05, 0.1) is 7.11 Å². The molecule has 1 N–H and O–H groups in total. The van der Waals surface area contributed by atoms with Crippen molar-refractivity contribution in [2.75, 3.05) is 25.6 Å². The van der Waals surface area contributed by atoms with Crippen LogP contribution in [0, 0.1) is 0 Å². The van der Waals surface area contributed by atoms with Crippen LogP contribution in [0.5, 0.6) is 11.5 Å². The average Bonchev–Trinajstić information content (AvgIpc) is 2.88. The van der Waals surface area contributed by atoms with E-state index < -0.39 is 0 Å². The Kier molecular flexibility index (Phi) is 3.36. The van der Waals surface area contributed by atoms with Crippen LogP contribution in [0.25, 0.3) is 11.5 Å². The Balaban J connectivity index is 2.34. The Labute approximate surface area is 105 Å². The summed E-state index contributed by atoms with van der Waals surface area (Å²) in [5.74, 6) is 1.37. The van der Waals surface area contributed by atoms with Gasteiger partial charge in [0.2, 0.25) is 0 Å². The number of hydrogen-bond acceptors (Lipinski definition) is 6. The molecular weight excluding hydrogens is 234 g/mol. The summed E-state index contributed by atoms with van der Waals surface area (Å²) in [6.07, 6.45) is 0. The minimum Gasteiger partial charge on any atom is -0.504 e. The first-order valence-electron chi connectivity index (χ1n) is 5.58. The van der Waals surface area contributed by atoms with Crippen LogP contribution in [0.4, 0.5) is 5.95 Å². The average molecular weight is 249 g/mol. The maximum Gasteiger partial charge on any atom is 0.266 e. The van der Waals surface area contributed by atoms with E-state index in [2.05, 4.69) is 10.1 Å². The molecule has 0 saturated heterocycles. The minimum absolute atomic E-state index is 0.0756. The summed E-state index contributed by atoms with van der Waals surface area (Å²) in [4.78, 5) is 6.13. The second-order valence-electron chi connectivity index (χ2n) is 3.80. The van der Waals surface area contributed by atoms with Gasteiger partial charge in [-0.25, -0.2) is 0 Å². The zero-order valence-electron chi connectivity index (χ0n) is 10.5. The largest absolute Gasteiger partial charge is 0.504 e. The predicted molar refractivity (Wildman–Crippen MR) is 66.9 cm³/mol. The normalized spacial score (nSPS) is 10.4. The predicted octanol–water partition coefficient (Wildman–Crippen LogP) is 1.91. The molecule has 18 heavy (non-hydrogen) atoms. The number of phenols is 1. The van der Waals surface area contributed by atoms with Crippen molar-refractivity contribution in [1.29, 1.82) is 0 Å². The molecule has 2 rings (SSSR count). The van der Waals surface area contributed by atoms with E-state index in [-0.39, 0.29) is 5.75 Å². The van der Waals surface area contributed by atoms with Crippen LogP contribution in [0.15, 0.2) is 22.7 Å². The van der Waals surface area contributed by atoms with E-state index in [4.69, 9.17) is 9.26 Å². The van der Waals surface area contributed by atoms with Crippen molar-refractivity contribution in [1.82, 2.24) is 10.1 Å². The highest BCUT2D eigenvalue weighted by Crippen LogP contribution is 2.31. The van der Waals surface area contributed by atoms with Gasteiger partial charge in [0, 0.05) is 19.2 Å². The number of anilines is 1. The van der Waals surface area contributed by atoms with Gasteiger partial charge in [-0.05, 0) is 30.3 Å². The van der Waals surface area contributed by atoms with Gasteiger partial charge in [-0.1, -0.05) is 0 Å². The van der Waals surface area contributed by atoms with E-state index in [1.807, 2.05) is 18.9 Å². The molecular formula is C12H15N3O3. The second-order valence-corrected chi connectivity index (χ2v) is 3.80. The number of benzene rings is 1. The summed E-state index contributed by atoms with van der Waals surface area (Å²) in [5.41, 5.74) is 0.702. The number of rotatable bonds is 4. The van der Waals surface area contributed by atoms with Crippen molar-refractivity contribution in [2.45, 2.75) is 6.92 Å². The molecule has 0 spiro atoms. The lowest BCUT2D eigenvalue weighted by Gasteiger charge is -2.08. The molecule has 0 amide bonds. The molecule has 2 aromatic rings. The monoisotopic (exact) mass is 249 g/mol. The highest BCUT2D eigenvalue weighted by molar-refractivity contribution is 5.60. The zero-order valence-corrected chi connectivity index (χ0v) is 10.5. The molecule has 0 unspecified atom stereocenters. The molecule has 0 aliphatic carbocycles. The quantitative estimate of drug-likeness (QED) is 0.892. The molecule has 0 radical (unpaired) electrons. The molecule has 0 bridgehead atoms. The Bertz CT molecular complexity index is 539. The van der Waals surface area contributed by atoms with Gasteiger partial charge in [-0.15, -0.1) is 0 Å². The van der Waals surface area contributed by atoms with E-state index in [1.54, 1.807) is 12.1 Å². The van der Waals surface area contributed by atoms with E-state index in [0.29, 0.717) is 23.2 Å². The summed E-state index contributed by atoms with van der Waals surface area (Å²) in [5, 5.41) is 13.4. The first-order chi connectivity index (χ1) is 8.65. The Morgan fingerprint density at radius 3 is 2.89 bits per heavy atom. The van der Waals surface area contributed by atoms with Gasteiger partial charge >= 0.3 is 0 Å². The third kappa shape index (κ3) is 2.22. The number of ether oxygens (including phenoxy) is 1. The number of phenolic OH excluding ortho intramolecular Hbond substituents is 1. The van der Waals surface area contributed by atoms with Gasteiger partial charge in [0.15, 0.2) is 11.5 Å². The third-order valence-corrected chi connectivity index (χ3v) is 2.66. The lowest BCUT2D eigenvalue weighted by Crippen LogP contribution is -2.16. The minimum atomic E-state index is 0.0756. The lowest BCUT2D eigenvalue weighted by molar-refractivity contribution is 0.373. The van der Waals surface area contributed by atoms with Crippen molar-refractivity contribution in [3.8, 4) is 23.0 Å². The Hall–Kier alpha value is -2.24. The highest BCUT2D eigenvalue weighted by atomic mass is 16.5. The van der Waals surface area contributed by atoms with E-state index in [9.17, 15) is 5.11 Å². The molecule has 6 heteroatoms. The van der Waals surface area contributed by atoms with Crippen molar-refractivity contribution in [2.24, 2.45) is 0 Å². The van der Waals surface area contributed by atoms with Crippen molar-refractivity contribution < 1.29 is 14.4 Å². The van der Waals surface area contributed by atoms with Gasteiger partial charge in [0.25, 0.3) is 11.8 Å². The van der Waals surface area contributed by atoms with Crippen molar-refractivity contribution in [3.05, 3.63) is 18.2 Å². The van der Waals surface area contributed by atoms with Gasteiger partial charge < -0.3 is 19.3 Å². The summed E-state index contributed by atoms with van der Waals surface area (Å²) < 4.78 is 10.2. The standard InChI is InChI=1S/C12H15N3O3/c1-4-15(2)12-13-11(18-14-12)8-5-6-9(16)10(7-8)17-3/h5-7,16H,4H2,1-3H3. The van der Waals surface area contributed by atoms with E-state index in [1.165, 1.54) is 13.2 Å². The fourth-order valence-electron chi connectivity index (χ4n) is 1.44. The topological polar surface area (TPSA) is 71.6 Å². The third-order valence-electron chi connectivity index (χ3n) is 2.66. The molecule has 1 aromatic carbocycles. The number of nitrogens with zero attached hydrogens (tertiary/aromatic N) is 3. The summed E-state index contributed by atoms with van der Waals surface area (Å²) in [6.45, 7) is 2.79. The van der Waals surface area contributed by atoms with E-state index in [0.717, 1.165) is 6.54 Å². The molecule has 1 heterocycles.